The molecule has 1 unspecified atom stereocenters. The zero-order chi connectivity index (χ0) is 16.8. The molecule has 0 aliphatic carbocycles. The standard InChI is InChI=1S/C17H18O4S2/c1-11(9-22)17(20)21-14(16(18)19)10-23-15-8-4-6-12-5-2-3-7-13(12)15/h2-8,11,14,22H,9-10H2,1H3,(H,18,19)/t11-,14?/m0/s1. The van der Waals surface area contributed by atoms with Gasteiger partial charge < -0.3 is 9.84 Å². The second-order valence-corrected chi connectivity index (χ2v) is 6.56. The van der Waals surface area contributed by atoms with E-state index in [1.807, 2.05) is 42.5 Å². The number of hydrogen-bond acceptors (Lipinski definition) is 5. The van der Waals surface area contributed by atoms with Crippen LogP contribution in [-0.4, -0.2) is 34.7 Å². The summed E-state index contributed by atoms with van der Waals surface area (Å²) in [6.07, 6.45) is -1.17. The topological polar surface area (TPSA) is 63.6 Å². The fraction of sp³-hybridized carbons (Fsp3) is 0.294. The monoisotopic (exact) mass is 350 g/mol. The third-order valence-electron chi connectivity index (χ3n) is 3.35. The molecule has 2 aromatic rings. The Balaban J connectivity index is 2.09. The van der Waals surface area contributed by atoms with Crippen molar-refractivity contribution in [3.8, 4) is 0 Å². The van der Waals surface area contributed by atoms with E-state index in [0.29, 0.717) is 5.75 Å². The number of carboxylic acid groups (broad SMARTS) is 1. The van der Waals surface area contributed by atoms with Crippen molar-refractivity contribution in [2.45, 2.75) is 17.9 Å². The van der Waals surface area contributed by atoms with Crippen LogP contribution >= 0.6 is 24.4 Å². The molecule has 2 rings (SSSR count). The van der Waals surface area contributed by atoms with Gasteiger partial charge >= 0.3 is 11.9 Å². The van der Waals surface area contributed by atoms with Gasteiger partial charge in [-0.05, 0) is 16.8 Å². The van der Waals surface area contributed by atoms with Crippen molar-refractivity contribution < 1.29 is 19.4 Å². The first-order valence-corrected chi connectivity index (χ1v) is 8.79. The van der Waals surface area contributed by atoms with Crippen LogP contribution in [0.3, 0.4) is 0 Å². The molecule has 6 heteroatoms. The van der Waals surface area contributed by atoms with Crippen molar-refractivity contribution in [3.63, 3.8) is 0 Å². The summed E-state index contributed by atoms with van der Waals surface area (Å²) in [4.78, 5) is 24.1. The average molecular weight is 350 g/mol. The van der Waals surface area contributed by atoms with Crippen molar-refractivity contribution in [2.75, 3.05) is 11.5 Å². The Labute approximate surface area is 144 Å². The lowest BCUT2D eigenvalue weighted by atomic mass is 10.1. The summed E-state index contributed by atoms with van der Waals surface area (Å²) >= 11 is 5.40. The fourth-order valence-corrected chi connectivity index (χ4v) is 3.18. The highest BCUT2D eigenvalue weighted by Gasteiger charge is 2.25. The van der Waals surface area contributed by atoms with Crippen molar-refractivity contribution in [3.05, 3.63) is 42.5 Å². The summed E-state index contributed by atoms with van der Waals surface area (Å²) in [6, 6.07) is 13.7. The Morgan fingerprint density at radius 1 is 1.22 bits per heavy atom. The van der Waals surface area contributed by atoms with Crippen molar-refractivity contribution in [1.82, 2.24) is 0 Å². The smallest absolute Gasteiger partial charge is 0.345 e. The van der Waals surface area contributed by atoms with Gasteiger partial charge in [-0.3, -0.25) is 4.79 Å². The van der Waals surface area contributed by atoms with E-state index in [1.54, 1.807) is 6.92 Å². The fourth-order valence-electron chi connectivity index (χ4n) is 1.97. The van der Waals surface area contributed by atoms with Gasteiger partial charge in [0.15, 0.2) is 0 Å². The molecule has 0 radical (unpaired) electrons. The molecule has 0 spiro atoms. The zero-order valence-electron chi connectivity index (χ0n) is 12.6. The molecule has 122 valence electrons. The molecular weight excluding hydrogens is 332 g/mol. The van der Waals surface area contributed by atoms with Crippen molar-refractivity contribution >= 4 is 47.1 Å². The van der Waals surface area contributed by atoms with Gasteiger partial charge in [0.05, 0.1) is 5.92 Å². The number of rotatable bonds is 7. The average Bonchev–Trinajstić information content (AvgIpc) is 2.57. The summed E-state index contributed by atoms with van der Waals surface area (Å²) < 4.78 is 5.09. The van der Waals surface area contributed by atoms with Crippen LogP contribution in [0.4, 0.5) is 0 Å². The predicted octanol–water partition coefficient (Wildman–Crippen LogP) is 3.49. The lowest BCUT2D eigenvalue weighted by molar-refractivity contribution is -0.164. The lowest BCUT2D eigenvalue weighted by Gasteiger charge is -2.16. The van der Waals surface area contributed by atoms with Gasteiger partial charge in [-0.25, -0.2) is 4.79 Å². The quantitative estimate of drug-likeness (QED) is 0.455. The molecule has 0 heterocycles. The third-order valence-corrected chi connectivity index (χ3v) is 5.03. The number of ether oxygens (including phenoxy) is 1. The van der Waals surface area contributed by atoms with Crippen LogP contribution in [0.15, 0.2) is 47.4 Å². The second-order valence-electron chi connectivity index (χ2n) is 5.14. The predicted molar refractivity (Wildman–Crippen MR) is 95.2 cm³/mol. The van der Waals surface area contributed by atoms with Crippen molar-refractivity contribution in [1.29, 1.82) is 0 Å². The minimum atomic E-state index is -1.17. The molecule has 2 aromatic carbocycles. The molecule has 0 bridgehead atoms. The van der Waals surface area contributed by atoms with Crippen molar-refractivity contribution in [2.24, 2.45) is 5.92 Å². The van der Waals surface area contributed by atoms with E-state index in [-0.39, 0.29) is 5.75 Å². The largest absolute Gasteiger partial charge is 0.478 e. The third kappa shape index (κ3) is 4.65. The van der Waals surface area contributed by atoms with Gasteiger partial charge in [-0.15, -0.1) is 11.8 Å². The van der Waals surface area contributed by atoms with E-state index >= 15 is 0 Å². The van der Waals surface area contributed by atoms with Gasteiger partial charge in [-0.2, -0.15) is 12.6 Å². The van der Waals surface area contributed by atoms with Crippen LogP contribution < -0.4 is 0 Å². The van der Waals surface area contributed by atoms with E-state index in [2.05, 4.69) is 12.6 Å². The molecule has 0 amide bonds. The van der Waals surface area contributed by atoms with E-state index in [4.69, 9.17) is 4.74 Å². The first-order chi connectivity index (χ1) is 11.0. The van der Waals surface area contributed by atoms with E-state index in [0.717, 1.165) is 15.7 Å². The van der Waals surface area contributed by atoms with Crippen LogP contribution in [0.1, 0.15) is 6.92 Å². The minimum Gasteiger partial charge on any atom is -0.478 e. The molecule has 0 saturated carbocycles. The molecule has 0 aromatic heterocycles. The number of carbonyl (C=O) groups excluding carboxylic acids is 1. The molecule has 1 N–H and O–H groups in total. The normalized spacial score (nSPS) is 13.5. The Hall–Kier alpha value is -1.66. The highest BCUT2D eigenvalue weighted by Crippen LogP contribution is 2.28. The maximum absolute atomic E-state index is 11.8. The van der Waals surface area contributed by atoms with Crippen LogP contribution in [0.2, 0.25) is 0 Å². The van der Waals surface area contributed by atoms with Crippen LogP contribution in [0.25, 0.3) is 10.8 Å². The number of carboxylic acids is 1. The Morgan fingerprint density at radius 3 is 2.61 bits per heavy atom. The summed E-state index contributed by atoms with van der Waals surface area (Å²) in [7, 11) is 0. The SMILES string of the molecule is C[C@@H](CS)C(=O)OC(CSc1cccc2ccccc12)C(=O)O. The number of benzene rings is 2. The molecule has 0 fully saturated rings. The molecule has 0 aliphatic rings. The van der Waals surface area contributed by atoms with E-state index in [1.165, 1.54) is 11.8 Å². The molecule has 2 atom stereocenters. The number of carbonyl (C=O) groups is 2. The number of hydrogen-bond donors (Lipinski definition) is 2. The van der Waals surface area contributed by atoms with Crippen LogP contribution in [0, 0.1) is 5.92 Å². The lowest BCUT2D eigenvalue weighted by Crippen LogP contribution is -2.32. The Bertz CT molecular complexity index is 697. The Morgan fingerprint density at radius 2 is 1.91 bits per heavy atom. The first-order valence-electron chi connectivity index (χ1n) is 7.17. The van der Waals surface area contributed by atoms with Gasteiger partial charge in [-0.1, -0.05) is 43.3 Å². The molecule has 23 heavy (non-hydrogen) atoms. The highest BCUT2D eigenvalue weighted by molar-refractivity contribution is 7.99. The number of thioether (sulfide) groups is 1. The van der Waals surface area contributed by atoms with Gasteiger partial charge in [0.2, 0.25) is 6.10 Å². The first kappa shape index (κ1) is 17.7. The van der Waals surface area contributed by atoms with Crippen LogP contribution in [-0.2, 0) is 14.3 Å². The van der Waals surface area contributed by atoms with Gasteiger partial charge in [0.25, 0.3) is 0 Å². The molecular formula is C17H18O4S2. The maximum Gasteiger partial charge on any atom is 0.345 e. The van der Waals surface area contributed by atoms with E-state index < -0.39 is 24.0 Å². The maximum atomic E-state index is 11.8. The Kier molecular flexibility index (Phi) is 6.36. The number of thiol groups is 1. The highest BCUT2D eigenvalue weighted by atomic mass is 32.2. The molecule has 0 saturated heterocycles. The van der Waals surface area contributed by atoms with Crippen LogP contribution in [0.5, 0.6) is 0 Å². The zero-order valence-corrected chi connectivity index (χ0v) is 14.3. The van der Waals surface area contributed by atoms with E-state index in [9.17, 15) is 14.7 Å². The number of aliphatic carboxylic acids is 1. The summed E-state index contributed by atoms with van der Waals surface area (Å²) in [5, 5.41) is 11.4. The van der Waals surface area contributed by atoms with Gasteiger partial charge in [0, 0.05) is 16.4 Å². The number of esters is 1. The summed E-state index contributed by atoms with van der Waals surface area (Å²) in [6.45, 7) is 1.66. The number of fused-ring (bicyclic) bond motifs is 1. The minimum absolute atomic E-state index is 0.161. The molecule has 4 nitrogen and oxygen atoms in total. The summed E-state index contributed by atoms with van der Waals surface area (Å²) in [5.41, 5.74) is 0. The second kappa shape index (κ2) is 8.26. The summed E-state index contributed by atoms with van der Waals surface area (Å²) in [5.74, 6) is -1.62. The molecule has 0 aliphatic heterocycles. The van der Waals surface area contributed by atoms with Gasteiger partial charge in [0.1, 0.15) is 0 Å².